The van der Waals surface area contributed by atoms with Crippen molar-refractivity contribution in [3.8, 4) is 6.07 Å². The van der Waals surface area contributed by atoms with Crippen LogP contribution in [-0.4, -0.2) is 17.3 Å². The van der Waals surface area contributed by atoms with Crippen LogP contribution in [0.15, 0.2) is 71.6 Å². The predicted molar refractivity (Wildman–Crippen MR) is 105 cm³/mol. The van der Waals surface area contributed by atoms with Crippen LogP contribution in [-0.2, 0) is 4.79 Å². The van der Waals surface area contributed by atoms with Gasteiger partial charge in [0, 0.05) is 10.8 Å². The van der Waals surface area contributed by atoms with E-state index in [0.29, 0.717) is 0 Å². The molecule has 0 amide bonds. The van der Waals surface area contributed by atoms with Crippen LogP contribution in [0.5, 0.6) is 0 Å². The molecule has 0 aliphatic heterocycles. The van der Waals surface area contributed by atoms with Gasteiger partial charge in [-0.2, -0.15) is 5.26 Å². The highest BCUT2D eigenvalue weighted by Gasteiger charge is 2.45. The van der Waals surface area contributed by atoms with E-state index in [1.54, 1.807) is 11.8 Å². The van der Waals surface area contributed by atoms with Crippen LogP contribution in [0.25, 0.3) is 10.8 Å². The molecule has 0 radical (unpaired) electrons. The second-order valence-electron chi connectivity index (χ2n) is 6.36. The predicted octanol–water partition coefficient (Wildman–Crippen LogP) is 5.31. The molecule has 3 nitrogen and oxygen atoms in total. The molecule has 4 heteroatoms. The topological polar surface area (TPSA) is 61.1 Å². The van der Waals surface area contributed by atoms with E-state index in [-0.39, 0.29) is 0 Å². The second kappa shape index (κ2) is 7.23. The Morgan fingerprint density at radius 3 is 2.35 bits per heavy atom. The number of benzene rings is 3. The molecule has 0 spiro atoms. The fraction of sp³-hybridized carbons (Fsp3) is 0.182. The Morgan fingerprint density at radius 1 is 1.04 bits per heavy atom. The monoisotopic (exact) mass is 361 g/mol. The summed E-state index contributed by atoms with van der Waals surface area (Å²) in [6.45, 7) is 1.51. The van der Waals surface area contributed by atoms with Gasteiger partial charge in [0.05, 0.1) is 6.07 Å². The third-order valence-electron chi connectivity index (χ3n) is 4.84. The maximum absolute atomic E-state index is 12.1. The number of hydrogen-bond acceptors (Lipinski definition) is 3. The standard InChI is InChI=1S/C22H19NO2S/c1-22(14-23,21(24)25)20(18-11-5-6-13-19(18)26-2)17-12-7-9-15-8-3-4-10-16(15)17/h3-13,20H,1-2H3,(H,24,25). The Labute approximate surface area is 157 Å². The summed E-state index contributed by atoms with van der Waals surface area (Å²) in [4.78, 5) is 13.1. The molecule has 3 rings (SSSR count). The SMILES string of the molecule is CSc1ccccc1C(c1cccc2ccccc12)C(C)(C#N)C(=O)O. The lowest BCUT2D eigenvalue weighted by atomic mass is 9.70. The van der Waals surface area contributed by atoms with Crippen LogP contribution >= 0.6 is 11.8 Å². The largest absolute Gasteiger partial charge is 0.480 e. The first-order chi connectivity index (χ1) is 12.5. The minimum Gasteiger partial charge on any atom is -0.480 e. The summed E-state index contributed by atoms with van der Waals surface area (Å²) in [5.41, 5.74) is 0.134. The molecule has 3 aromatic rings. The molecule has 3 aromatic carbocycles. The number of carbonyl (C=O) groups is 1. The lowest BCUT2D eigenvalue weighted by Gasteiger charge is -2.31. The molecule has 2 atom stereocenters. The lowest BCUT2D eigenvalue weighted by molar-refractivity contribution is -0.145. The minimum absolute atomic E-state index is 0.584. The molecule has 0 aliphatic carbocycles. The molecule has 130 valence electrons. The normalized spacial score (nSPS) is 14.3. The van der Waals surface area contributed by atoms with E-state index in [0.717, 1.165) is 26.8 Å². The summed E-state index contributed by atoms with van der Waals surface area (Å²) in [7, 11) is 0. The Balaban J connectivity index is 2.38. The molecule has 1 N–H and O–H groups in total. The van der Waals surface area contributed by atoms with Crippen molar-refractivity contribution in [1.82, 2.24) is 0 Å². The van der Waals surface area contributed by atoms with Crippen molar-refractivity contribution >= 4 is 28.5 Å². The van der Waals surface area contributed by atoms with E-state index in [2.05, 4.69) is 6.07 Å². The molecule has 0 saturated heterocycles. The zero-order chi connectivity index (χ0) is 18.7. The van der Waals surface area contributed by atoms with Gasteiger partial charge in [0.25, 0.3) is 0 Å². The first-order valence-corrected chi connectivity index (χ1v) is 9.50. The second-order valence-corrected chi connectivity index (χ2v) is 7.21. The molecule has 2 unspecified atom stereocenters. The van der Waals surface area contributed by atoms with Gasteiger partial charge in [-0.15, -0.1) is 11.8 Å². The number of thioether (sulfide) groups is 1. The van der Waals surface area contributed by atoms with Gasteiger partial charge in [-0.3, -0.25) is 4.79 Å². The molecule has 0 aromatic heterocycles. The fourth-order valence-electron chi connectivity index (χ4n) is 3.43. The summed E-state index contributed by atoms with van der Waals surface area (Å²) >= 11 is 1.56. The molecule has 0 heterocycles. The number of hydrogen-bond donors (Lipinski definition) is 1. The summed E-state index contributed by atoms with van der Waals surface area (Å²) in [6, 6.07) is 23.5. The van der Waals surface area contributed by atoms with Gasteiger partial charge >= 0.3 is 5.97 Å². The van der Waals surface area contributed by atoms with Crippen molar-refractivity contribution in [1.29, 1.82) is 5.26 Å². The molecule has 26 heavy (non-hydrogen) atoms. The summed E-state index contributed by atoms with van der Waals surface area (Å²) in [5.74, 6) is -1.70. The average Bonchev–Trinajstić information content (AvgIpc) is 2.68. The van der Waals surface area contributed by atoms with Gasteiger partial charge in [0.1, 0.15) is 0 Å². The van der Waals surface area contributed by atoms with Crippen molar-refractivity contribution in [3.05, 3.63) is 77.9 Å². The van der Waals surface area contributed by atoms with E-state index in [4.69, 9.17) is 0 Å². The highest BCUT2D eigenvalue weighted by atomic mass is 32.2. The van der Waals surface area contributed by atoms with Crippen LogP contribution in [0.3, 0.4) is 0 Å². The van der Waals surface area contributed by atoms with Gasteiger partial charge in [0.15, 0.2) is 5.41 Å². The van der Waals surface area contributed by atoms with E-state index in [1.165, 1.54) is 6.92 Å². The number of rotatable bonds is 5. The van der Waals surface area contributed by atoms with Gasteiger partial charge < -0.3 is 5.11 Å². The van der Waals surface area contributed by atoms with Crippen LogP contribution in [0.1, 0.15) is 24.0 Å². The maximum Gasteiger partial charge on any atom is 0.324 e. The number of aliphatic carboxylic acids is 1. The third-order valence-corrected chi connectivity index (χ3v) is 5.65. The minimum atomic E-state index is -1.59. The average molecular weight is 361 g/mol. The Kier molecular flexibility index (Phi) is 5.01. The lowest BCUT2D eigenvalue weighted by Crippen LogP contribution is -2.34. The fourth-order valence-corrected chi connectivity index (χ4v) is 4.07. The number of carboxylic acids is 1. The Bertz CT molecular complexity index is 1000. The highest BCUT2D eigenvalue weighted by molar-refractivity contribution is 7.98. The zero-order valence-electron chi connectivity index (χ0n) is 14.6. The number of nitriles is 1. The van der Waals surface area contributed by atoms with Crippen molar-refractivity contribution in [2.24, 2.45) is 5.41 Å². The molecule has 0 aliphatic rings. The Hall–Kier alpha value is -2.77. The molecule has 0 bridgehead atoms. The van der Waals surface area contributed by atoms with Crippen molar-refractivity contribution < 1.29 is 9.90 Å². The molecular formula is C22H19NO2S. The van der Waals surface area contributed by atoms with Crippen LogP contribution in [0, 0.1) is 16.7 Å². The van der Waals surface area contributed by atoms with E-state index < -0.39 is 17.3 Å². The maximum atomic E-state index is 12.1. The van der Waals surface area contributed by atoms with E-state index in [1.807, 2.05) is 73.0 Å². The molecule has 0 saturated carbocycles. The van der Waals surface area contributed by atoms with Crippen molar-refractivity contribution in [2.75, 3.05) is 6.26 Å². The summed E-state index contributed by atoms with van der Waals surface area (Å²) < 4.78 is 0. The molecular weight excluding hydrogens is 342 g/mol. The van der Waals surface area contributed by atoms with Gasteiger partial charge in [0.2, 0.25) is 0 Å². The van der Waals surface area contributed by atoms with E-state index in [9.17, 15) is 15.2 Å². The van der Waals surface area contributed by atoms with Crippen molar-refractivity contribution in [2.45, 2.75) is 17.7 Å². The third kappa shape index (κ3) is 2.95. The highest BCUT2D eigenvalue weighted by Crippen LogP contribution is 2.46. The van der Waals surface area contributed by atoms with Crippen molar-refractivity contribution in [3.63, 3.8) is 0 Å². The van der Waals surface area contributed by atoms with Crippen LogP contribution < -0.4 is 0 Å². The summed E-state index contributed by atoms with van der Waals surface area (Å²) in [5, 5.41) is 21.8. The first-order valence-electron chi connectivity index (χ1n) is 8.28. The first kappa shape index (κ1) is 18.0. The van der Waals surface area contributed by atoms with Gasteiger partial charge in [-0.25, -0.2) is 0 Å². The van der Waals surface area contributed by atoms with Gasteiger partial charge in [-0.05, 0) is 41.1 Å². The van der Waals surface area contributed by atoms with Crippen LogP contribution in [0.4, 0.5) is 0 Å². The van der Waals surface area contributed by atoms with E-state index >= 15 is 0 Å². The Morgan fingerprint density at radius 2 is 1.65 bits per heavy atom. The number of fused-ring (bicyclic) bond motifs is 1. The smallest absolute Gasteiger partial charge is 0.324 e. The summed E-state index contributed by atoms with van der Waals surface area (Å²) in [6.07, 6.45) is 1.96. The molecule has 0 fully saturated rings. The quantitative estimate of drug-likeness (QED) is 0.626. The number of carboxylic acid groups (broad SMARTS) is 1. The zero-order valence-corrected chi connectivity index (χ0v) is 15.5. The number of nitrogens with zero attached hydrogens (tertiary/aromatic N) is 1. The van der Waals surface area contributed by atoms with Crippen LogP contribution in [0.2, 0.25) is 0 Å². The van der Waals surface area contributed by atoms with Gasteiger partial charge in [-0.1, -0.05) is 60.7 Å².